The molecule has 1 aromatic rings. The van der Waals surface area contributed by atoms with Crippen LogP contribution < -0.4 is 10.6 Å². The monoisotopic (exact) mass is 479 g/mol. The average Bonchev–Trinajstić information content (AvgIpc) is 3.34. The lowest BCUT2D eigenvalue weighted by Gasteiger charge is -2.19. The Morgan fingerprint density at radius 3 is 2.24 bits per heavy atom. The van der Waals surface area contributed by atoms with Gasteiger partial charge in [-0.2, -0.15) is 0 Å². The number of aliphatic imine (C=N–C) groups is 1. The van der Waals surface area contributed by atoms with Crippen molar-refractivity contribution in [1.82, 2.24) is 10.6 Å². The second-order valence-electron chi connectivity index (χ2n) is 7.42. The summed E-state index contributed by atoms with van der Waals surface area (Å²) in [4.78, 5) is 4.49. The quantitative estimate of drug-likeness (QED) is 0.374. The van der Waals surface area contributed by atoms with Gasteiger partial charge in [0.05, 0.1) is 10.6 Å². The fraction of sp³-hybridized carbons (Fsp3) is 0.611. The van der Waals surface area contributed by atoms with E-state index < -0.39 is 9.84 Å². The molecule has 2 N–H and O–H groups in total. The molecule has 5 nitrogen and oxygen atoms in total. The summed E-state index contributed by atoms with van der Waals surface area (Å²) in [5.41, 5.74) is 1.15. The van der Waals surface area contributed by atoms with Gasteiger partial charge in [-0.3, -0.25) is 4.99 Å². The van der Waals surface area contributed by atoms with Crippen molar-refractivity contribution >= 4 is 39.8 Å². The third-order valence-electron chi connectivity index (χ3n) is 4.22. The Hall–Kier alpha value is -0.830. The summed E-state index contributed by atoms with van der Waals surface area (Å²) in [5, 5.41) is 6.30. The molecular formula is C18H30IN3O2S. The third-order valence-corrected chi connectivity index (χ3v) is 5.95. The van der Waals surface area contributed by atoms with Crippen LogP contribution in [0.3, 0.4) is 0 Å². The highest BCUT2D eigenvalue weighted by atomic mass is 127. The van der Waals surface area contributed by atoms with E-state index in [0.29, 0.717) is 17.4 Å². The van der Waals surface area contributed by atoms with Crippen LogP contribution in [0.15, 0.2) is 34.2 Å². The summed E-state index contributed by atoms with van der Waals surface area (Å²) in [7, 11) is -1.59. The number of rotatable bonds is 6. The van der Waals surface area contributed by atoms with Crippen molar-refractivity contribution in [3.8, 4) is 0 Å². The van der Waals surface area contributed by atoms with Crippen LogP contribution in [-0.2, 0) is 15.3 Å². The van der Waals surface area contributed by atoms with Crippen molar-refractivity contribution in [2.45, 2.75) is 43.9 Å². The Morgan fingerprint density at radius 2 is 1.76 bits per heavy atom. The number of benzene rings is 1. The van der Waals surface area contributed by atoms with Gasteiger partial charge in [0.1, 0.15) is 0 Å². The van der Waals surface area contributed by atoms with E-state index in [1.807, 2.05) is 12.1 Å². The number of nitrogens with zero attached hydrogens (tertiary/aromatic N) is 1. The van der Waals surface area contributed by atoms with E-state index in [1.54, 1.807) is 19.2 Å². The molecule has 1 fully saturated rings. The Morgan fingerprint density at radius 1 is 1.16 bits per heavy atom. The van der Waals surface area contributed by atoms with Gasteiger partial charge < -0.3 is 10.6 Å². The minimum atomic E-state index is -3.29. The maximum absolute atomic E-state index is 12.4. The lowest BCUT2D eigenvalue weighted by Crippen LogP contribution is -2.40. The molecule has 25 heavy (non-hydrogen) atoms. The van der Waals surface area contributed by atoms with Gasteiger partial charge in [-0.25, -0.2) is 8.42 Å². The molecule has 0 spiro atoms. The molecule has 142 valence electrons. The number of halogens is 1. The van der Waals surface area contributed by atoms with Crippen molar-refractivity contribution in [2.75, 3.05) is 25.9 Å². The van der Waals surface area contributed by atoms with Crippen LogP contribution >= 0.6 is 24.0 Å². The molecule has 0 unspecified atom stereocenters. The molecule has 0 saturated heterocycles. The Bertz CT molecular complexity index is 675. The topological polar surface area (TPSA) is 70.6 Å². The van der Waals surface area contributed by atoms with Crippen LogP contribution in [0.5, 0.6) is 0 Å². The highest BCUT2D eigenvalue weighted by molar-refractivity contribution is 14.0. The summed E-state index contributed by atoms with van der Waals surface area (Å²) < 4.78 is 24.9. The van der Waals surface area contributed by atoms with Crippen molar-refractivity contribution in [3.05, 3.63) is 29.8 Å². The summed E-state index contributed by atoms with van der Waals surface area (Å²) in [6.45, 7) is 7.58. The summed E-state index contributed by atoms with van der Waals surface area (Å²) in [5.74, 6) is 1.46. The molecule has 1 saturated carbocycles. The zero-order valence-corrected chi connectivity index (χ0v) is 18.6. The Kier molecular flexibility index (Phi) is 8.18. The van der Waals surface area contributed by atoms with Crippen molar-refractivity contribution in [2.24, 2.45) is 10.9 Å². The normalized spacial score (nSPS) is 15.4. The number of guanidine groups is 1. The van der Waals surface area contributed by atoms with E-state index >= 15 is 0 Å². The SMILES string of the molecule is CN=C(NCCS(=O)(=O)c1ccc(C(C)(C)C)cc1)NCC1CC1.I. The molecule has 0 aliphatic heterocycles. The summed E-state index contributed by atoms with van der Waals surface area (Å²) in [6, 6.07) is 7.21. The average molecular weight is 479 g/mol. The second kappa shape index (κ2) is 9.21. The van der Waals surface area contributed by atoms with E-state index in [1.165, 1.54) is 12.8 Å². The first-order chi connectivity index (χ1) is 11.2. The van der Waals surface area contributed by atoms with Gasteiger partial charge in [-0.1, -0.05) is 32.9 Å². The van der Waals surface area contributed by atoms with Gasteiger partial charge in [0, 0.05) is 20.1 Å². The number of sulfone groups is 1. The van der Waals surface area contributed by atoms with Gasteiger partial charge in [0.2, 0.25) is 0 Å². The lowest BCUT2D eigenvalue weighted by atomic mass is 9.87. The van der Waals surface area contributed by atoms with Crippen molar-refractivity contribution < 1.29 is 8.42 Å². The summed E-state index contributed by atoms with van der Waals surface area (Å²) in [6.07, 6.45) is 2.53. The lowest BCUT2D eigenvalue weighted by molar-refractivity contribution is 0.586. The molecule has 0 aromatic heterocycles. The second-order valence-corrected chi connectivity index (χ2v) is 9.53. The van der Waals surface area contributed by atoms with Crippen LogP contribution in [0.4, 0.5) is 0 Å². The maximum atomic E-state index is 12.4. The largest absolute Gasteiger partial charge is 0.356 e. The molecule has 0 atom stereocenters. The van der Waals surface area contributed by atoms with Crippen LogP contribution in [0.25, 0.3) is 0 Å². The van der Waals surface area contributed by atoms with Crippen molar-refractivity contribution in [3.63, 3.8) is 0 Å². The van der Waals surface area contributed by atoms with E-state index in [0.717, 1.165) is 18.0 Å². The number of hydrogen-bond acceptors (Lipinski definition) is 3. The Labute approximate surface area is 169 Å². The van der Waals surface area contributed by atoms with E-state index in [-0.39, 0.29) is 35.1 Å². The number of nitrogens with one attached hydrogen (secondary N) is 2. The molecule has 0 bridgehead atoms. The highest BCUT2D eigenvalue weighted by Crippen LogP contribution is 2.27. The minimum Gasteiger partial charge on any atom is -0.356 e. The van der Waals surface area contributed by atoms with E-state index in [9.17, 15) is 8.42 Å². The zero-order chi connectivity index (χ0) is 17.8. The van der Waals surface area contributed by atoms with Gasteiger partial charge >= 0.3 is 0 Å². The van der Waals surface area contributed by atoms with Crippen molar-refractivity contribution in [1.29, 1.82) is 0 Å². The van der Waals surface area contributed by atoms with Crippen LogP contribution in [-0.4, -0.2) is 40.3 Å². The molecule has 2 rings (SSSR count). The van der Waals surface area contributed by atoms with Crippen LogP contribution in [0, 0.1) is 5.92 Å². The highest BCUT2D eigenvalue weighted by Gasteiger charge is 2.21. The summed E-state index contributed by atoms with van der Waals surface area (Å²) >= 11 is 0. The van der Waals surface area contributed by atoms with Gasteiger partial charge in [-0.05, 0) is 41.9 Å². The zero-order valence-electron chi connectivity index (χ0n) is 15.5. The van der Waals surface area contributed by atoms with E-state index in [4.69, 9.17) is 0 Å². The molecule has 1 aromatic carbocycles. The van der Waals surface area contributed by atoms with Gasteiger partial charge in [0.15, 0.2) is 15.8 Å². The predicted octanol–water partition coefficient (Wildman–Crippen LogP) is 2.95. The molecule has 1 aliphatic rings. The smallest absolute Gasteiger partial charge is 0.191 e. The Balaban J connectivity index is 0.00000312. The van der Waals surface area contributed by atoms with Crippen LogP contribution in [0.2, 0.25) is 0 Å². The van der Waals surface area contributed by atoms with E-state index in [2.05, 4.69) is 36.4 Å². The third kappa shape index (κ3) is 7.13. The van der Waals surface area contributed by atoms with Gasteiger partial charge in [-0.15, -0.1) is 24.0 Å². The molecular weight excluding hydrogens is 449 g/mol. The first kappa shape index (κ1) is 22.2. The molecule has 0 heterocycles. The van der Waals surface area contributed by atoms with Gasteiger partial charge in [0.25, 0.3) is 0 Å². The predicted molar refractivity (Wildman–Crippen MR) is 115 cm³/mol. The number of hydrogen-bond donors (Lipinski definition) is 2. The maximum Gasteiger partial charge on any atom is 0.191 e. The van der Waals surface area contributed by atoms with Crippen LogP contribution in [0.1, 0.15) is 39.2 Å². The molecule has 0 radical (unpaired) electrons. The fourth-order valence-corrected chi connectivity index (χ4v) is 3.52. The standard InChI is InChI=1S/C18H29N3O2S.HI/c1-18(2,3)15-7-9-16(10-8-15)24(22,23)12-11-20-17(19-4)21-13-14-5-6-14;/h7-10,14H,5-6,11-13H2,1-4H3,(H2,19,20,21);1H. The first-order valence-electron chi connectivity index (χ1n) is 8.50. The molecule has 0 amide bonds. The fourth-order valence-electron chi connectivity index (χ4n) is 2.37. The molecule has 7 heteroatoms. The molecule has 1 aliphatic carbocycles. The minimum absolute atomic E-state index is 0. The first-order valence-corrected chi connectivity index (χ1v) is 10.2.